The molecule has 0 aromatic carbocycles. The summed E-state index contributed by atoms with van der Waals surface area (Å²) in [5.74, 6) is 1.24. The minimum Gasteiger partial charge on any atom is -0.324 e. The maximum atomic E-state index is 5.94. The first-order valence-electron chi connectivity index (χ1n) is 4.60. The second-order valence-electron chi connectivity index (χ2n) is 3.69. The Kier molecular flexibility index (Phi) is 3.25. The van der Waals surface area contributed by atoms with E-state index in [-0.39, 0.29) is 6.04 Å². The van der Waals surface area contributed by atoms with Gasteiger partial charge < -0.3 is 5.73 Å². The highest BCUT2D eigenvalue weighted by Crippen LogP contribution is 1.99. The van der Waals surface area contributed by atoms with Crippen molar-refractivity contribution in [2.45, 2.75) is 26.4 Å². The van der Waals surface area contributed by atoms with Crippen LogP contribution >= 0.6 is 0 Å². The molecular formula is C10H18N3+. The molecule has 1 atom stereocenters. The van der Waals surface area contributed by atoms with Gasteiger partial charge in [0.05, 0.1) is 6.20 Å². The lowest BCUT2D eigenvalue weighted by Gasteiger charge is -2.14. The largest absolute Gasteiger partial charge is 0.324 e. The molecule has 3 heteroatoms. The van der Waals surface area contributed by atoms with E-state index in [9.17, 15) is 0 Å². The number of aromatic nitrogens is 1. The van der Waals surface area contributed by atoms with Crippen LogP contribution < -0.4 is 16.0 Å². The molecule has 0 amide bonds. The zero-order chi connectivity index (χ0) is 9.84. The van der Waals surface area contributed by atoms with Crippen molar-refractivity contribution in [1.29, 1.82) is 0 Å². The number of rotatable bonds is 3. The predicted molar refractivity (Wildman–Crippen MR) is 53.9 cm³/mol. The highest BCUT2D eigenvalue weighted by atomic mass is 15.0. The summed E-state index contributed by atoms with van der Waals surface area (Å²) in [5, 5.41) is 0. The Morgan fingerprint density at radius 2 is 2.08 bits per heavy atom. The van der Waals surface area contributed by atoms with Gasteiger partial charge in [0, 0.05) is 12.1 Å². The third-order valence-electron chi connectivity index (χ3n) is 2.24. The Labute approximate surface area is 79.4 Å². The van der Waals surface area contributed by atoms with Gasteiger partial charge in [0.2, 0.25) is 0 Å². The monoisotopic (exact) mass is 180 g/mol. The van der Waals surface area contributed by atoms with Crippen LogP contribution in [0.1, 0.15) is 13.8 Å². The molecule has 0 aliphatic carbocycles. The molecule has 0 fully saturated rings. The molecule has 1 rings (SSSR count). The van der Waals surface area contributed by atoms with E-state index in [1.165, 1.54) is 0 Å². The summed E-state index contributed by atoms with van der Waals surface area (Å²) >= 11 is 0. The fourth-order valence-electron chi connectivity index (χ4n) is 1.09. The average Bonchev–Trinajstić information content (AvgIpc) is 2.08. The molecule has 13 heavy (non-hydrogen) atoms. The number of hydrogen-bond acceptors (Lipinski definition) is 2. The fraction of sp³-hybridized carbons (Fsp3) is 0.500. The standard InChI is InChI=1S/C10H17N3/c1-8(2)9(11)7-13-6-4-3-5-10(13)12/h3-6,8-9,12H,7,11H2,1-2H3/p+1/t9-/m1/s1. The third-order valence-corrected chi connectivity index (χ3v) is 2.24. The van der Waals surface area contributed by atoms with Gasteiger partial charge in [0.15, 0.2) is 0 Å². The molecule has 0 aliphatic heterocycles. The van der Waals surface area contributed by atoms with E-state index >= 15 is 0 Å². The summed E-state index contributed by atoms with van der Waals surface area (Å²) in [4.78, 5) is 0. The zero-order valence-electron chi connectivity index (χ0n) is 8.27. The van der Waals surface area contributed by atoms with Gasteiger partial charge in [-0.15, -0.1) is 0 Å². The molecule has 3 nitrogen and oxygen atoms in total. The van der Waals surface area contributed by atoms with Gasteiger partial charge in [0.25, 0.3) is 5.82 Å². The van der Waals surface area contributed by atoms with Gasteiger partial charge in [-0.3, -0.25) is 5.73 Å². The molecule has 1 heterocycles. The topological polar surface area (TPSA) is 55.9 Å². The number of anilines is 1. The molecule has 1 aromatic heterocycles. The van der Waals surface area contributed by atoms with E-state index in [0.717, 1.165) is 12.4 Å². The van der Waals surface area contributed by atoms with Crippen molar-refractivity contribution < 1.29 is 4.57 Å². The van der Waals surface area contributed by atoms with Crippen LogP contribution in [0.15, 0.2) is 24.4 Å². The molecule has 0 bridgehead atoms. The summed E-state index contributed by atoms with van der Waals surface area (Å²) in [6.45, 7) is 5.01. The smallest absolute Gasteiger partial charge is 0.272 e. The van der Waals surface area contributed by atoms with Crippen LogP contribution in [0.25, 0.3) is 0 Å². The molecule has 1 aromatic rings. The van der Waals surface area contributed by atoms with Crippen LogP contribution in [0.2, 0.25) is 0 Å². The van der Waals surface area contributed by atoms with Crippen molar-refractivity contribution in [2.24, 2.45) is 11.7 Å². The highest BCUT2D eigenvalue weighted by molar-refractivity contribution is 5.18. The van der Waals surface area contributed by atoms with Crippen molar-refractivity contribution in [3.63, 3.8) is 0 Å². The molecule has 72 valence electrons. The molecule has 0 saturated carbocycles. The van der Waals surface area contributed by atoms with Crippen LogP contribution in [0, 0.1) is 5.92 Å². The lowest BCUT2D eigenvalue weighted by Crippen LogP contribution is -2.47. The molecule has 0 saturated heterocycles. The van der Waals surface area contributed by atoms with Crippen LogP contribution in [0.4, 0.5) is 5.82 Å². The quantitative estimate of drug-likeness (QED) is 0.667. The first-order valence-corrected chi connectivity index (χ1v) is 4.60. The first-order chi connectivity index (χ1) is 6.11. The van der Waals surface area contributed by atoms with Gasteiger partial charge >= 0.3 is 0 Å². The van der Waals surface area contributed by atoms with E-state index in [1.807, 2.05) is 29.0 Å². The van der Waals surface area contributed by atoms with Crippen molar-refractivity contribution in [2.75, 3.05) is 5.73 Å². The van der Waals surface area contributed by atoms with Crippen molar-refractivity contribution >= 4 is 5.82 Å². The number of nitrogens with two attached hydrogens (primary N) is 2. The van der Waals surface area contributed by atoms with Gasteiger partial charge in [-0.05, 0) is 12.0 Å². The van der Waals surface area contributed by atoms with Crippen molar-refractivity contribution in [3.05, 3.63) is 24.4 Å². The van der Waals surface area contributed by atoms with Gasteiger partial charge in [0.1, 0.15) is 6.54 Å². The molecule has 4 N–H and O–H groups in total. The highest BCUT2D eigenvalue weighted by Gasteiger charge is 2.12. The van der Waals surface area contributed by atoms with Gasteiger partial charge in [-0.25, -0.2) is 4.57 Å². The second kappa shape index (κ2) is 4.23. The summed E-state index contributed by atoms with van der Waals surface area (Å²) in [5.41, 5.74) is 11.7. The lowest BCUT2D eigenvalue weighted by molar-refractivity contribution is -0.685. The maximum absolute atomic E-state index is 5.94. The molecule has 0 radical (unpaired) electrons. The number of nitrogens with zero attached hydrogens (tertiary/aromatic N) is 1. The zero-order valence-corrected chi connectivity index (χ0v) is 8.27. The first kappa shape index (κ1) is 9.99. The summed E-state index contributed by atoms with van der Waals surface area (Å²) < 4.78 is 1.98. The summed E-state index contributed by atoms with van der Waals surface area (Å²) in [6.07, 6.45) is 1.96. The maximum Gasteiger partial charge on any atom is 0.272 e. The minimum atomic E-state index is 0.162. The summed E-state index contributed by atoms with van der Waals surface area (Å²) in [7, 11) is 0. The van der Waals surface area contributed by atoms with Crippen LogP contribution in [0.3, 0.4) is 0 Å². The van der Waals surface area contributed by atoms with Crippen LogP contribution in [0.5, 0.6) is 0 Å². The van der Waals surface area contributed by atoms with E-state index in [2.05, 4.69) is 13.8 Å². The van der Waals surface area contributed by atoms with E-state index in [0.29, 0.717) is 5.92 Å². The molecule has 0 aliphatic rings. The average molecular weight is 180 g/mol. The Bertz CT molecular complexity index is 271. The van der Waals surface area contributed by atoms with Crippen molar-refractivity contribution in [3.8, 4) is 0 Å². The Morgan fingerprint density at radius 1 is 1.38 bits per heavy atom. The number of hydrogen-bond donors (Lipinski definition) is 2. The Hall–Kier alpha value is -1.09. The fourth-order valence-corrected chi connectivity index (χ4v) is 1.09. The minimum absolute atomic E-state index is 0.162. The summed E-state index contributed by atoms with van der Waals surface area (Å²) in [6, 6.07) is 5.93. The number of pyridine rings is 1. The Morgan fingerprint density at radius 3 is 2.62 bits per heavy atom. The normalized spacial score (nSPS) is 13.2. The van der Waals surface area contributed by atoms with E-state index < -0.39 is 0 Å². The molecule has 0 unspecified atom stereocenters. The van der Waals surface area contributed by atoms with Crippen LogP contribution in [-0.4, -0.2) is 6.04 Å². The number of nitrogen functional groups attached to an aromatic ring is 1. The van der Waals surface area contributed by atoms with Crippen molar-refractivity contribution in [1.82, 2.24) is 0 Å². The SMILES string of the molecule is CC(C)[C@H](N)C[n+]1ccccc1N. The molecular weight excluding hydrogens is 162 g/mol. The third kappa shape index (κ3) is 2.70. The Balaban J connectivity index is 2.69. The molecule has 0 spiro atoms. The second-order valence-corrected chi connectivity index (χ2v) is 3.69. The van der Waals surface area contributed by atoms with Gasteiger partial charge in [-0.1, -0.05) is 19.9 Å². The van der Waals surface area contributed by atoms with Gasteiger partial charge in [-0.2, -0.15) is 0 Å². The van der Waals surface area contributed by atoms with E-state index in [4.69, 9.17) is 11.5 Å². The van der Waals surface area contributed by atoms with E-state index in [1.54, 1.807) is 0 Å². The lowest BCUT2D eigenvalue weighted by atomic mass is 10.1. The predicted octanol–water partition coefficient (Wildman–Crippen LogP) is 0.540. The van der Waals surface area contributed by atoms with Crippen LogP contribution in [-0.2, 0) is 6.54 Å².